The van der Waals surface area contributed by atoms with Crippen molar-refractivity contribution in [2.75, 3.05) is 7.11 Å². The van der Waals surface area contributed by atoms with Gasteiger partial charge in [0.05, 0.1) is 17.7 Å². The molecule has 0 unspecified atom stereocenters. The number of hydrogen-bond donors (Lipinski definition) is 1. The molecule has 0 saturated heterocycles. The highest BCUT2D eigenvalue weighted by Gasteiger charge is 2.14. The molecular formula is C24H22Cl2N2O4. The van der Waals surface area contributed by atoms with Crippen LogP contribution >= 0.6 is 23.2 Å². The van der Waals surface area contributed by atoms with Crippen molar-refractivity contribution in [3.8, 4) is 11.5 Å². The number of carbonyl (C=O) groups is 1. The maximum absolute atomic E-state index is 12.5. The molecule has 3 aromatic carbocycles. The van der Waals surface area contributed by atoms with Crippen LogP contribution in [0.2, 0.25) is 10.0 Å². The molecule has 0 spiro atoms. The summed E-state index contributed by atoms with van der Waals surface area (Å²) in [6.45, 7) is 4.17. The van der Waals surface area contributed by atoms with Crippen LogP contribution in [-0.4, -0.2) is 18.9 Å². The highest BCUT2D eigenvalue weighted by molar-refractivity contribution is 6.36. The minimum Gasteiger partial charge on any atom is -0.496 e. The summed E-state index contributed by atoms with van der Waals surface area (Å²) < 4.78 is 11.4. The molecule has 3 aromatic rings. The van der Waals surface area contributed by atoms with Crippen molar-refractivity contribution in [3.63, 3.8) is 0 Å². The summed E-state index contributed by atoms with van der Waals surface area (Å²) in [5.74, 6) is 0.612. The number of hydrogen-bond acceptors (Lipinski definition) is 5. The van der Waals surface area contributed by atoms with Crippen LogP contribution in [0.25, 0.3) is 0 Å². The number of halogens is 2. The van der Waals surface area contributed by atoms with Gasteiger partial charge in [0.2, 0.25) is 0 Å². The van der Waals surface area contributed by atoms with Crippen molar-refractivity contribution < 1.29 is 19.1 Å². The van der Waals surface area contributed by atoms with E-state index in [1.165, 1.54) is 6.07 Å². The van der Waals surface area contributed by atoms with Crippen LogP contribution in [0.4, 0.5) is 0 Å². The standard InChI is InChI=1S/C24H22Cl2N2O4/c1-14-4-5-15(2)22(10-14)31-13-17-11-16(6-9-21(17)30-3)24(29)32-28-23(27)19-8-7-18(25)12-20(19)26/h4-12H,13H2,1-3H3,(H2,27,28). The van der Waals surface area contributed by atoms with E-state index in [-0.39, 0.29) is 18.0 Å². The van der Waals surface area contributed by atoms with Gasteiger partial charge >= 0.3 is 5.97 Å². The second-order valence-electron chi connectivity index (χ2n) is 7.06. The number of amidine groups is 1. The van der Waals surface area contributed by atoms with Crippen LogP contribution < -0.4 is 15.2 Å². The second kappa shape index (κ2) is 10.4. The van der Waals surface area contributed by atoms with Gasteiger partial charge in [-0.1, -0.05) is 40.5 Å². The third kappa shape index (κ3) is 5.72. The molecule has 0 aliphatic rings. The van der Waals surface area contributed by atoms with E-state index >= 15 is 0 Å². The number of carbonyl (C=O) groups excluding carboxylic acids is 1. The number of rotatable bonds is 7. The lowest BCUT2D eigenvalue weighted by Crippen LogP contribution is -2.16. The molecule has 8 heteroatoms. The molecule has 0 aromatic heterocycles. The van der Waals surface area contributed by atoms with E-state index in [0.717, 1.165) is 16.9 Å². The summed E-state index contributed by atoms with van der Waals surface area (Å²) in [6, 6.07) is 15.6. The maximum Gasteiger partial charge on any atom is 0.365 e. The molecule has 0 atom stereocenters. The molecule has 0 fully saturated rings. The number of methoxy groups -OCH3 is 1. The molecule has 0 saturated carbocycles. The lowest BCUT2D eigenvalue weighted by atomic mass is 10.1. The van der Waals surface area contributed by atoms with Crippen molar-refractivity contribution in [3.05, 3.63) is 92.5 Å². The fraction of sp³-hybridized carbons (Fsp3) is 0.167. The van der Waals surface area contributed by atoms with E-state index in [0.29, 0.717) is 26.9 Å². The third-order valence-electron chi connectivity index (χ3n) is 4.68. The predicted octanol–water partition coefficient (Wildman–Crippen LogP) is 5.68. The van der Waals surface area contributed by atoms with E-state index in [1.807, 2.05) is 32.0 Å². The van der Waals surface area contributed by atoms with Gasteiger partial charge in [0.15, 0.2) is 5.84 Å². The molecule has 6 nitrogen and oxygen atoms in total. The number of benzene rings is 3. The summed E-state index contributed by atoms with van der Waals surface area (Å²) in [5.41, 5.74) is 9.34. The number of nitrogens with two attached hydrogens (primary N) is 1. The Hall–Kier alpha value is -3.22. The van der Waals surface area contributed by atoms with E-state index in [2.05, 4.69) is 5.16 Å². The summed E-state index contributed by atoms with van der Waals surface area (Å²) in [4.78, 5) is 17.5. The highest BCUT2D eigenvalue weighted by atomic mass is 35.5. The number of oxime groups is 1. The van der Waals surface area contributed by atoms with Gasteiger partial charge < -0.3 is 20.0 Å². The van der Waals surface area contributed by atoms with Crippen molar-refractivity contribution >= 4 is 35.0 Å². The highest BCUT2D eigenvalue weighted by Crippen LogP contribution is 2.25. The number of aryl methyl sites for hydroxylation is 2. The second-order valence-corrected chi connectivity index (χ2v) is 7.91. The Bertz CT molecular complexity index is 1180. The van der Waals surface area contributed by atoms with E-state index < -0.39 is 5.97 Å². The molecule has 0 heterocycles. The van der Waals surface area contributed by atoms with Gasteiger partial charge in [-0.05, 0) is 67.4 Å². The van der Waals surface area contributed by atoms with Crippen molar-refractivity contribution in [1.29, 1.82) is 0 Å². The molecular weight excluding hydrogens is 451 g/mol. The fourth-order valence-electron chi connectivity index (χ4n) is 2.93. The van der Waals surface area contributed by atoms with Gasteiger partial charge in [-0.2, -0.15) is 0 Å². The lowest BCUT2D eigenvalue weighted by Gasteiger charge is -2.13. The van der Waals surface area contributed by atoms with Gasteiger partial charge in [-0.3, -0.25) is 0 Å². The zero-order chi connectivity index (χ0) is 23.3. The number of nitrogens with zero attached hydrogens (tertiary/aromatic N) is 1. The molecule has 2 N–H and O–H groups in total. The normalized spacial score (nSPS) is 11.2. The Morgan fingerprint density at radius 2 is 1.78 bits per heavy atom. The largest absolute Gasteiger partial charge is 0.496 e. The molecule has 3 rings (SSSR count). The first-order chi connectivity index (χ1) is 15.3. The summed E-state index contributed by atoms with van der Waals surface area (Å²) in [6.07, 6.45) is 0. The third-order valence-corrected chi connectivity index (χ3v) is 5.22. The van der Waals surface area contributed by atoms with Crippen molar-refractivity contribution in [2.24, 2.45) is 10.9 Å². The van der Waals surface area contributed by atoms with Crippen molar-refractivity contribution in [1.82, 2.24) is 0 Å². The maximum atomic E-state index is 12.5. The topological polar surface area (TPSA) is 83.1 Å². The molecule has 0 aliphatic carbocycles. The molecule has 0 bridgehead atoms. The minimum absolute atomic E-state index is 0.0491. The lowest BCUT2D eigenvalue weighted by molar-refractivity contribution is 0.0516. The van der Waals surface area contributed by atoms with Gasteiger partial charge in [0.1, 0.15) is 18.1 Å². The molecule has 32 heavy (non-hydrogen) atoms. The van der Waals surface area contributed by atoms with Crippen LogP contribution in [-0.2, 0) is 11.4 Å². The molecule has 0 amide bonds. The average molecular weight is 473 g/mol. The van der Waals surface area contributed by atoms with Crippen molar-refractivity contribution in [2.45, 2.75) is 20.5 Å². The molecule has 0 radical (unpaired) electrons. The quantitative estimate of drug-likeness (QED) is 0.207. The van der Waals surface area contributed by atoms with Crippen LogP contribution in [0, 0.1) is 13.8 Å². The van der Waals surface area contributed by atoms with Gasteiger partial charge in [0, 0.05) is 16.1 Å². The van der Waals surface area contributed by atoms with Gasteiger partial charge in [-0.25, -0.2) is 4.79 Å². The van der Waals surface area contributed by atoms with Crippen LogP contribution in [0.1, 0.15) is 32.6 Å². The Labute approximate surface area is 196 Å². The molecule has 0 aliphatic heterocycles. The predicted molar refractivity (Wildman–Crippen MR) is 126 cm³/mol. The van der Waals surface area contributed by atoms with Crippen LogP contribution in [0.3, 0.4) is 0 Å². The first-order valence-corrected chi connectivity index (χ1v) is 10.4. The zero-order valence-corrected chi connectivity index (χ0v) is 19.3. The fourth-order valence-corrected chi connectivity index (χ4v) is 3.43. The average Bonchev–Trinajstić information content (AvgIpc) is 2.77. The number of ether oxygens (including phenoxy) is 2. The Morgan fingerprint density at radius 1 is 1.00 bits per heavy atom. The Kier molecular flexibility index (Phi) is 7.62. The van der Waals surface area contributed by atoms with Crippen LogP contribution in [0.5, 0.6) is 11.5 Å². The monoisotopic (exact) mass is 472 g/mol. The summed E-state index contributed by atoms with van der Waals surface area (Å²) in [7, 11) is 1.55. The summed E-state index contributed by atoms with van der Waals surface area (Å²) >= 11 is 12.0. The smallest absolute Gasteiger partial charge is 0.365 e. The van der Waals surface area contributed by atoms with Crippen LogP contribution in [0.15, 0.2) is 59.8 Å². The minimum atomic E-state index is -0.686. The van der Waals surface area contributed by atoms with E-state index in [4.69, 9.17) is 43.2 Å². The van der Waals surface area contributed by atoms with Gasteiger partial charge in [0.25, 0.3) is 0 Å². The zero-order valence-electron chi connectivity index (χ0n) is 17.8. The first kappa shape index (κ1) is 23.4. The van der Waals surface area contributed by atoms with E-state index in [9.17, 15) is 4.79 Å². The summed E-state index contributed by atoms with van der Waals surface area (Å²) in [5, 5.41) is 4.46. The van der Waals surface area contributed by atoms with E-state index in [1.54, 1.807) is 37.4 Å². The Morgan fingerprint density at radius 3 is 2.50 bits per heavy atom. The first-order valence-electron chi connectivity index (χ1n) is 9.65. The SMILES string of the molecule is COc1ccc(C(=O)O/N=C(\N)c2ccc(Cl)cc2Cl)cc1COc1cc(C)ccc1C. The molecule has 166 valence electrons. The van der Waals surface area contributed by atoms with Gasteiger partial charge in [-0.15, -0.1) is 0 Å². The Balaban J connectivity index is 1.76.